The minimum atomic E-state index is -3.30. The van der Waals surface area contributed by atoms with Gasteiger partial charge in [-0.2, -0.15) is 0 Å². The van der Waals surface area contributed by atoms with Crippen LogP contribution in [0.25, 0.3) is 0 Å². The first kappa shape index (κ1) is 23.9. The van der Waals surface area contributed by atoms with Crippen LogP contribution in [0.15, 0.2) is 41.4 Å². The van der Waals surface area contributed by atoms with Gasteiger partial charge in [0.1, 0.15) is 0 Å². The Bertz CT molecular complexity index is 1080. The van der Waals surface area contributed by atoms with E-state index in [0.29, 0.717) is 11.1 Å². The van der Waals surface area contributed by atoms with E-state index in [-0.39, 0.29) is 23.2 Å². The number of nitrogens with one attached hydrogen (secondary N) is 1. The second kappa shape index (κ2) is 10.3. The molecule has 178 valence electrons. The van der Waals surface area contributed by atoms with E-state index in [1.807, 2.05) is 6.07 Å². The van der Waals surface area contributed by atoms with Crippen LogP contribution in [-0.2, 0) is 22.9 Å². The summed E-state index contributed by atoms with van der Waals surface area (Å²) in [7, 11) is -3.30. The van der Waals surface area contributed by atoms with E-state index < -0.39 is 15.9 Å². The highest BCUT2D eigenvalue weighted by atomic mass is 32.2. The van der Waals surface area contributed by atoms with Crippen LogP contribution in [0, 0.1) is 5.92 Å². The van der Waals surface area contributed by atoms with Crippen LogP contribution in [-0.4, -0.2) is 48.2 Å². The molecule has 2 heterocycles. The highest BCUT2D eigenvalue weighted by molar-refractivity contribution is 7.91. The predicted octanol–water partition coefficient (Wildman–Crippen LogP) is 3.23. The summed E-state index contributed by atoms with van der Waals surface area (Å²) in [5.74, 6) is 0.482. The molecule has 0 bridgehead atoms. The number of pyridine rings is 1. The van der Waals surface area contributed by atoms with E-state index in [1.165, 1.54) is 44.2 Å². The maximum absolute atomic E-state index is 12.9. The maximum atomic E-state index is 12.9. The Labute approximate surface area is 196 Å². The van der Waals surface area contributed by atoms with Crippen LogP contribution >= 0.6 is 0 Å². The van der Waals surface area contributed by atoms with Crippen molar-refractivity contribution in [2.75, 3.05) is 18.9 Å². The van der Waals surface area contributed by atoms with Crippen molar-refractivity contribution < 1.29 is 18.3 Å². The summed E-state index contributed by atoms with van der Waals surface area (Å²) in [6, 6.07) is 7.57. The molecule has 4 rings (SSSR count). The van der Waals surface area contributed by atoms with E-state index in [4.69, 9.17) is 0 Å². The van der Waals surface area contributed by atoms with Crippen molar-refractivity contribution in [1.82, 2.24) is 15.2 Å². The van der Waals surface area contributed by atoms with Gasteiger partial charge in [-0.3, -0.25) is 14.7 Å². The molecule has 0 radical (unpaired) electrons. The first-order chi connectivity index (χ1) is 15.9. The standard InChI is InChI=1S/C25H33N3O4S/c1-2-33(31,32)22-10-8-19(9-11-22)24(17-29)27-25(30)20-12-21-15-28(16-23(21)26-13-20)14-18-6-4-3-5-7-18/h8-13,18,24,29H,2-7,14-17H2,1H3,(H,27,30)/t24-/m1/s1. The smallest absolute Gasteiger partial charge is 0.253 e. The van der Waals surface area contributed by atoms with E-state index in [2.05, 4.69) is 15.2 Å². The van der Waals surface area contributed by atoms with Gasteiger partial charge in [-0.25, -0.2) is 8.42 Å². The number of sulfone groups is 1. The first-order valence-corrected chi connectivity index (χ1v) is 13.5. The number of amides is 1. The minimum Gasteiger partial charge on any atom is -0.394 e. The first-order valence-electron chi connectivity index (χ1n) is 11.8. The molecule has 0 unspecified atom stereocenters. The lowest BCUT2D eigenvalue weighted by Crippen LogP contribution is -2.31. The summed E-state index contributed by atoms with van der Waals surface area (Å²) in [5.41, 5.74) is 3.24. The number of carbonyl (C=O) groups excluding carboxylic acids is 1. The Kier molecular flexibility index (Phi) is 7.46. The number of nitrogens with zero attached hydrogens (tertiary/aromatic N) is 2. The third-order valence-corrected chi connectivity index (χ3v) is 8.59. The molecular weight excluding hydrogens is 438 g/mol. The van der Waals surface area contributed by atoms with Crippen LogP contribution in [0.3, 0.4) is 0 Å². The van der Waals surface area contributed by atoms with Gasteiger partial charge in [0.25, 0.3) is 5.91 Å². The molecule has 2 N–H and O–H groups in total. The summed E-state index contributed by atoms with van der Waals surface area (Å²) in [6.45, 7) is 4.05. The fourth-order valence-electron chi connectivity index (χ4n) is 4.86. The van der Waals surface area contributed by atoms with Gasteiger partial charge in [-0.05, 0) is 48.1 Å². The Morgan fingerprint density at radius 2 is 1.91 bits per heavy atom. The molecule has 1 fully saturated rings. The number of rotatable bonds is 8. The third kappa shape index (κ3) is 5.62. The maximum Gasteiger partial charge on any atom is 0.253 e. The van der Waals surface area contributed by atoms with Gasteiger partial charge in [0, 0.05) is 25.8 Å². The van der Waals surface area contributed by atoms with E-state index in [0.717, 1.165) is 36.8 Å². The van der Waals surface area contributed by atoms with Gasteiger partial charge in [-0.15, -0.1) is 0 Å². The highest BCUT2D eigenvalue weighted by Gasteiger charge is 2.25. The van der Waals surface area contributed by atoms with Crippen LogP contribution in [0.5, 0.6) is 0 Å². The number of aliphatic hydroxyl groups excluding tert-OH is 1. The number of hydrogen-bond donors (Lipinski definition) is 2. The molecule has 1 saturated carbocycles. The van der Waals surface area contributed by atoms with Crippen molar-refractivity contribution in [3.8, 4) is 0 Å². The van der Waals surface area contributed by atoms with Crippen molar-refractivity contribution >= 4 is 15.7 Å². The largest absolute Gasteiger partial charge is 0.394 e. The molecule has 7 nitrogen and oxygen atoms in total. The molecule has 8 heteroatoms. The molecular formula is C25H33N3O4S. The van der Waals surface area contributed by atoms with Gasteiger partial charge in [-0.1, -0.05) is 38.3 Å². The Morgan fingerprint density at radius 3 is 2.58 bits per heavy atom. The van der Waals surface area contributed by atoms with Gasteiger partial charge in [0.05, 0.1) is 34.6 Å². The molecule has 0 spiro atoms. The lowest BCUT2D eigenvalue weighted by atomic mass is 9.89. The summed E-state index contributed by atoms with van der Waals surface area (Å²) >= 11 is 0. The van der Waals surface area contributed by atoms with Crippen LogP contribution in [0.2, 0.25) is 0 Å². The van der Waals surface area contributed by atoms with Gasteiger partial charge < -0.3 is 10.4 Å². The second-order valence-corrected chi connectivity index (χ2v) is 11.5. The highest BCUT2D eigenvalue weighted by Crippen LogP contribution is 2.28. The molecule has 2 aromatic rings. The van der Waals surface area contributed by atoms with Crippen LogP contribution in [0.1, 0.15) is 72.2 Å². The molecule has 1 aromatic heterocycles. The fourth-order valence-corrected chi connectivity index (χ4v) is 5.75. The summed E-state index contributed by atoms with van der Waals surface area (Å²) in [4.78, 5) is 20.1. The summed E-state index contributed by atoms with van der Waals surface area (Å²) in [5, 5.41) is 12.7. The molecule has 1 atom stereocenters. The zero-order chi connectivity index (χ0) is 23.4. The van der Waals surface area contributed by atoms with Gasteiger partial charge in [0.2, 0.25) is 0 Å². The monoisotopic (exact) mass is 471 g/mol. The number of aliphatic hydroxyl groups is 1. The van der Waals surface area contributed by atoms with Crippen molar-refractivity contribution in [3.63, 3.8) is 0 Å². The van der Waals surface area contributed by atoms with Crippen molar-refractivity contribution in [1.29, 1.82) is 0 Å². The van der Waals surface area contributed by atoms with Crippen molar-refractivity contribution in [3.05, 3.63) is 58.9 Å². The van der Waals surface area contributed by atoms with Crippen molar-refractivity contribution in [2.45, 2.75) is 63.1 Å². The van der Waals surface area contributed by atoms with Gasteiger partial charge >= 0.3 is 0 Å². The normalized spacial score (nSPS) is 18.1. The third-order valence-electron chi connectivity index (χ3n) is 6.84. The Hall–Kier alpha value is -2.29. The number of benzene rings is 1. The van der Waals surface area contributed by atoms with Crippen molar-refractivity contribution in [2.24, 2.45) is 5.92 Å². The molecule has 1 aliphatic carbocycles. The van der Waals surface area contributed by atoms with E-state index >= 15 is 0 Å². The fraction of sp³-hybridized carbons (Fsp3) is 0.520. The average Bonchev–Trinajstić information content (AvgIpc) is 3.24. The second-order valence-electron chi connectivity index (χ2n) is 9.18. The predicted molar refractivity (Wildman–Crippen MR) is 126 cm³/mol. The molecule has 1 aromatic carbocycles. The summed E-state index contributed by atoms with van der Waals surface area (Å²) in [6.07, 6.45) is 8.23. The van der Waals surface area contributed by atoms with E-state index in [1.54, 1.807) is 25.3 Å². The molecule has 2 aliphatic rings. The molecule has 33 heavy (non-hydrogen) atoms. The SMILES string of the molecule is CCS(=O)(=O)c1ccc([C@@H](CO)NC(=O)c2cnc3c(c2)CN(CC2CCCCC2)C3)cc1. The zero-order valence-corrected chi connectivity index (χ0v) is 20.0. The molecule has 1 aliphatic heterocycles. The summed E-state index contributed by atoms with van der Waals surface area (Å²) < 4.78 is 24.0. The molecule has 0 saturated heterocycles. The molecule has 1 amide bonds. The lowest BCUT2D eigenvalue weighted by Gasteiger charge is -2.26. The number of fused-ring (bicyclic) bond motifs is 1. The zero-order valence-electron chi connectivity index (χ0n) is 19.2. The van der Waals surface area contributed by atoms with Gasteiger partial charge in [0.15, 0.2) is 9.84 Å². The van der Waals surface area contributed by atoms with Crippen LogP contribution in [0.4, 0.5) is 0 Å². The number of hydrogen-bond acceptors (Lipinski definition) is 6. The topological polar surface area (TPSA) is 99.6 Å². The lowest BCUT2D eigenvalue weighted by molar-refractivity contribution is 0.0915. The average molecular weight is 472 g/mol. The number of aromatic nitrogens is 1. The Balaban J connectivity index is 1.40. The minimum absolute atomic E-state index is 0.0237. The Morgan fingerprint density at radius 1 is 1.18 bits per heavy atom. The van der Waals surface area contributed by atoms with E-state index in [9.17, 15) is 18.3 Å². The number of carbonyl (C=O) groups is 1. The quantitative estimate of drug-likeness (QED) is 0.613. The van der Waals surface area contributed by atoms with Crippen LogP contribution < -0.4 is 5.32 Å².